The maximum Gasteiger partial charge on any atom is 0.221 e. The molecule has 0 atom stereocenters. The smallest absolute Gasteiger partial charge is 0.221 e. The lowest BCUT2D eigenvalue weighted by Gasteiger charge is -2.02. The minimum absolute atomic E-state index is 0.279. The predicted molar refractivity (Wildman–Crippen MR) is 48.5 cm³/mol. The number of hydrogen-bond donors (Lipinski definition) is 2. The Morgan fingerprint density at radius 3 is 2.67 bits per heavy atom. The molecule has 3 heteroatoms. The van der Waals surface area contributed by atoms with Crippen molar-refractivity contribution in [2.75, 3.05) is 5.73 Å². The van der Waals surface area contributed by atoms with Gasteiger partial charge in [-0.3, -0.25) is 4.79 Å². The van der Waals surface area contributed by atoms with Gasteiger partial charge in [-0.2, -0.15) is 0 Å². The van der Waals surface area contributed by atoms with E-state index in [0.717, 1.165) is 16.8 Å². The molecule has 0 spiro atoms. The van der Waals surface area contributed by atoms with Gasteiger partial charge in [0.25, 0.3) is 0 Å². The number of carbonyl (C=O) groups excluding carboxylic acids is 1. The third-order valence-corrected chi connectivity index (χ3v) is 1.71. The number of amides is 1. The second-order valence-electron chi connectivity index (χ2n) is 2.83. The van der Waals surface area contributed by atoms with Crippen molar-refractivity contribution < 1.29 is 4.79 Å². The Morgan fingerprint density at radius 2 is 2.17 bits per heavy atom. The van der Waals surface area contributed by atoms with Gasteiger partial charge in [0.15, 0.2) is 0 Å². The van der Waals surface area contributed by atoms with Crippen molar-refractivity contribution >= 4 is 11.6 Å². The Balaban J connectivity index is 2.89. The van der Waals surface area contributed by atoms with Crippen molar-refractivity contribution in [1.29, 1.82) is 0 Å². The molecule has 0 fully saturated rings. The van der Waals surface area contributed by atoms with Crippen LogP contribution in [-0.4, -0.2) is 5.91 Å². The van der Waals surface area contributed by atoms with Crippen molar-refractivity contribution in [2.24, 2.45) is 5.73 Å². The van der Waals surface area contributed by atoms with E-state index in [2.05, 4.69) is 0 Å². The van der Waals surface area contributed by atoms with Crippen LogP contribution in [0.25, 0.3) is 0 Å². The maximum absolute atomic E-state index is 10.6. The van der Waals surface area contributed by atoms with Gasteiger partial charge in [-0.1, -0.05) is 12.1 Å². The number of primary amides is 1. The minimum atomic E-state index is -0.320. The van der Waals surface area contributed by atoms with Gasteiger partial charge in [-0.05, 0) is 24.1 Å². The summed E-state index contributed by atoms with van der Waals surface area (Å²) in [5.74, 6) is -0.320. The van der Waals surface area contributed by atoms with Gasteiger partial charge in [0.2, 0.25) is 5.91 Å². The Bertz CT molecular complexity index is 307. The van der Waals surface area contributed by atoms with Crippen LogP contribution in [0.5, 0.6) is 0 Å². The van der Waals surface area contributed by atoms with Gasteiger partial charge in [0, 0.05) is 5.69 Å². The summed E-state index contributed by atoms with van der Waals surface area (Å²) in [6, 6.07) is 5.47. The third kappa shape index (κ3) is 1.99. The normalized spacial score (nSPS) is 9.75. The number of hydrogen-bond acceptors (Lipinski definition) is 2. The van der Waals surface area contributed by atoms with Crippen LogP contribution in [0.2, 0.25) is 0 Å². The van der Waals surface area contributed by atoms with E-state index in [9.17, 15) is 4.79 Å². The lowest BCUT2D eigenvalue weighted by Crippen LogP contribution is -2.13. The van der Waals surface area contributed by atoms with E-state index in [4.69, 9.17) is 11.5 Å². The first-order valence-corrected chi connectivity index (χ1v) is 3.73. The molecule has 0 aliphatic heterocycles. The number of benzene rings is 1. The fourth-order valence-electron chi connectivity index (χ4n) is 1.05. The largest absolute Gasteiger partial charge is 0.399 e. The molecule has 0 unspecified atom stereocenters. The minimum Gasteiger partial charge on any atom is -0.399 e. The number of anilines is 1. The topological polar surface area (TPSA) is 69.1 Å². The summed E-state index contributed by atoms with van der Waals surface area (Å²) in [6.45, 7) is 1.90. The number of aryl methyl sites for hydroxylation is 1. The molecule has 1 aromatic carbocycles. The fraction of sp³-hybridized carbons (Fsp3) is 0.222. The van der Waals surface area contributed by atoms with E-state index in [1.54, 1.807) is 6.07 Å². The second kappa shape index (κ2) is 3.26. The Hall–Kier alpha value is -1.51. The van der Waals surface area contributed by atoms with E-state index in [-0.39, 0.29) is 12.3 Å². The fourth-order valence-corrected chi connectivity index (χ4v) is 1.05. The summed E-state index contributed by atoms with van der Waals surface area (Å²) >= 11 is 0. The Labute approximate surface area is 71.4 Å². The summed E-state index contributed by atoms with van der Waals surface area (Å²) in [4.78, 5) is 10.6. The molecule has 0 radical (unpaired) electrons. The number of carbonyl (C=O) groups is 1. The maximum atomic E-state index is 10.6. The van der Waals surface area contributed by atoms with Crippen molar-refractivity contribution in [3.63, 3.8) is 0 Å². The summed E-state index contributed by atoms with van der Waals surface area (Å²) in [6.07, 6.45) is 0.279. The summed E-state index contributed by atoms with van der Waals surface area (Å²) in [7, 11) is 0. The van der Waals surface area contributed by atoms with E-state index >= 15 is 0 Å². The molecule has 1 aromatic rings. The van der Waals surface area contributed by atoms with Crippen LogP contribution in [0.15, 0.2) is 18.2 Å². The average Bonchev–Trinajstić information content (AvgIpc) is 1.96. The molecule has 1 amide bonds. The molecule has 0 bridgehead atoms. The SMILES string of the molecule is Cc1cc(CC(N)=O)ccc1N. The van der Waals surface area contributed by atoms with Crippen molar-refractivity contribution in [3.05, 3.63) is 29.3 Å². The highest BCUT2D eigenvalue weighted by atomic mass is 16.1. The molecule has 0 aromatic heterocycles. The highest BCUT2D eigenvalue weighted by molar-refractivity contribution is 5.76. The quantitative estimate of drug-likeness (QED) is 0.628. The van der Waals surface area contributed by atoms with Crippen LogP contribution < -0.4 is 11.5 Å². The average molecular weight is 164 g/mol. The lowest BCUT2D eigenvalue weighted by molar-refractivity contribution is -0.117. The molecular weight excluding hydrogens is 152 g/mol. The van der Waals surface area contributed by atoms with Gasteiger partial charge in [0.05, 0.1) is 6.42 Å². The zero-order valence-electron chi connectivity index (χ0n) is 7.00. The van der Waals surface area contributed by atoms with Crippen LogP contribution >= 0.6 is 0 Å². The predicted octanol–water partition coefficient (Wildman–Crippen LogP) is 0.605. The first-order chi connectivity index (χ1) is 5.59. The zero-order valence-corrected chi connectivity index (χ0v) is 7.00. The van der Waals surface area contributed by atoms with Crippen LogP contribution in [0, 0.1) is 6.92 Å². The number of rotatable bonds is 2. The Morgan fingerprint density at radius 1 is 1.50 bits per heavy atom. The molecule has 0 saturated heterocycles. The van der Waals surface area contributed by atoms with Gasteiger partial charge >= 0.3 is 0 Å². The number of nitrogen functional groups attached to an aromatic ring is 1. The molecule has 0 aliphatic rings. The van der Waals surface area contributed by atoms with Gasteiger partial charge in [-0.25, -0.2) is 0 Å². The first-order valence-electron chi connectivity index (χ1n) is 3.73. The standard InChI is InChI=1S/C9H12N2O/c1-6-4-7(5-9(11)12)2-3-8(6)10/h2-4H,5,10H2,1H3,(H2,11,12). The molecule has 0 heterocycles. The lowest BCUT2D eigenvalue weighted by atomic mass is 10.1. The van der Waals surface area contributed by atoms with Crippen LogP contribution in [0.4, 0.5) is 5.69 Å². The van der Waals surface area contributed by atoms with Crippen molar-refractivity contribution in [2.45, 2.75) is 13.3 Å². The summed E-state index contributed by atoms with van der Waals surface area (Å²) < 4.78 is 0. The molecule has 0 saturated carbocycles. The zero-order chi connectivity index (χ0) is 9.14. The highest BCUT2D eigenvalue weighted by Crippen LogP contribution is 2.12. The van der Waals surface area contributed by atoms with Crippen molar-refractivity contribution in [3.8, 4) is 0 Å². The summed E-state index contributed by atoms with van der Waals surface area (Å²) in [5, 5.41) is 0. The third-order valence-electron chi connectivity index (χ3n) is 1.71. The summed E-state index contributed by atoms with van der Waals surface area (Å²) in [5.41, 5.74) is 13.3. The second-order valence-corrected chi connectivity index (χ2v) is 2.83. The van der Waals surface area contributed by atoms with Crippen LogP contribution in [0.3, 0.4) is 0 Å². The molecule has 4 N–H and O–H groups in total. The van der Waals surface area contributed by atoms with E-state index in [0.29, 0.717) is 0 Å². The monoisotopic (exact) mass is 164 g/mol. The van der Waals surface area contributed by atoms with Crippen LogP contribution in [0.1, 0.15) is 11.1 Å². The van der Waals surface area contributed by atoms with Crippen molar-refractivity contribution in [1.82, 2.24) is 0 Å². The molecular formula is C9H12N2O. The van der Waals surface area contributed by atoms with Gasteiger partial charge < -0.3 is 11.5 Å². The highest BCUT2D eigenvalue weighted by Gasteiger charge is 1.99. The van der Waals surface area contributed by atoms with Gasteiger partial charge in [-0.15, -0.1) is 0 Å². The van der Waals surface area contributed by atoms with E-state index < -0.39 is 0 Å². The van der Waals surface area contributed by atoms with E-state index in [1.165, 1.54) is 0 Å². The van der Waals surface area contributed by atoms with E-state index in [1.807, 2.05) is 19.1 Å². The van der Waals surface area contributed by atoms with Crippen LogP contribution in [-0.2, 0) is 11.2 Å². The number of nitrogens with two attached hydrogens (primary N) is 2. The molecule has 12 heavy (non-hydrogen) atoms. The molecule has 64 valence electrons. The molecule has 3 nitrogen and oxygen atoms in total. The first kappa shape index (κ1) is 8.59. The van der Waals surface area contributed by atoms with Gasteiger partial charge in [0.1, 0.15) is 0 Å². The molecule has 1 rings (SSSR count). The molecule has 0 aliphatic carbocycles. The Kier molecular flexibility index (Phi) is 2.33.